The fourth-order valence-electron chi connectivity index (χ4n) is 5.65. The highest BCUT2D eigenvalue weighted by molar-refractivity contribution is 7.89. The molecule has 3 N–H and O–H groups in total. The maximum absolute atomic E-state index is 13.1. The van der Waals surface area contributed by atoms with Crippen molar-refractivity contribution in [2.24, 2.45) is 5.73 Å². The van der Waals surface area contributed by atoms with Crippen LogP contribution in [0.5, 0.6) is 0 Å². The number of alkyl carbamates (subject to hydrolysis) is 1. The molecule has 0 saturated carbocycles. The summed E-state index contributed by atoms with van der Waals surface area (Å²) in [6.45, 7) is 4.73. The normalized spacial score (nSPS) is 12.5. The number of nitro benzene ring substituents is 4. The van der Waals surface area contributed by atoms with Crippen molar-refractivity contribution in [1.29, 1.82) is 0 Å². The zero-order valence-electron chi connectivity index (χ0n) is 33.9. The highest BCUT2D eigenvalue weighted by Crippen LogP contribution is 2.31. The Hall–Kier alpha value is -6.18. The van der Waals surface area contributed by atoms with Gasteiger partial charge in [0.05, 0.1) is 37.9 Å². The Labute approximate surface area is 362 Å². The highest BCUT2D eigenvalue weighted by atomic mass is 35.5. The molecule has 4 rings (SSSR count). The van der Waals surface area contributed by atoms with Crippen LogP contribution < -0.4 is 11.1 Å². The maximum Gasteiger partial charge on any atom is 0.407 e. The first-order chi connectivity index (χ1) is 28.3. The molecular formula is C37H45ClN8O14S2. The molecule has 4 aromatic rings. The number of amides is 1. The van der Waals surface area contributed by atoms with Crippen LogP contribution in [0, 0.1) is 40.5 Å². The minimum atomic E-state index is -4.44. The number of rotatable bonds is 17. The molecule has 1 amide bonds. The van der Waals surface area contributed by atoms with Crippen LogP contribution in [0.2, 0.25) is 0 Å². The minimum absolute atomic E-state index is 0. The molecule has 4 aromatic carbocycles. The smallest absolute Gasteiger partial charge is 0.407 e. The molecule has 0 radical (unpaired) electrons. The van der Waals surface area contributed by atoms with Crippen LogP contribution in [-0.4, -0.2) is 96.1 Å². The number of likely N-dealkylation sites (N-methyl/N-ethyl adjacent to an activating group) is 2. The molecule has 0 bridgehead atoms. The Morgan fingerprint density at radius 3 is 1.42 bits per heavy atom. The number of hydrogen-bond donors (Lipinski definition) is 2. The predicted molar refractivity (Wildman–Crippen MR) is 228 cm³/mol. The number of carbonyl (C=O) groups is 1. The van der Waals surface area contributed by atoms with E-state index in [2.05, 4.69) is 5.32 Å². The van der Waals surface area contributed by atoms with Gasteiger partial charge in [0, 0.05) is 45.4 Å². The zero-order valence-corrected chi connectivity index (χ0v) is 36.4. The molecule has 0 aliphatic rings. The summed E-state index contributed by atoms with van der Waals surface area (Å²) in [6.07, 6.45) is -0.0775. The molecule has 22 nitrogen and oxygen atoms in total. The summed E-state index contributed by atoms with van der Waals surface area (Å²) in [7, 11) is -6.23. The summed E-state index contributed by atoms with van der Waals surface area (Å²) >= 11 is 0. The Morgan fingerprint density at radius 2 is 1.05 bits per heavy atom. The largest absolute Gasteiger partial charge is 0.444 e. The number of ether oxygens (including phenoxy) is 1. The number of nitrogens with one attached hydrogen (secondary N) is 1. The van der Waals surface area contributed by atoms with Gasteiger partial charge in [-0.15, -0.1) is 12.4 Å². The molecule has 0 spiro atoms. The molecule has 336 valence electrons. The number of sulfonamides is 2. The van der Waals surface area contributed by atoms with Crippen molar-refractivity contribution >= 4 is 61.3 Å². The van der Waals surface area contributed by atoms with Crippen LogP contribution in [0.15, 0.2) is 107 Å². The second-order valence-corrected chi connectivity index (χ2v) is 18.4. The van der Waals surface area contributed by atoms with Gasteiger partial charge in [-0.25, -0.2) is 21.6 Å². The average molecular weight is 925 g/mol. The molecule has 0 heterocycles. The Morgan fingerprint density at radius 1 is 0.661 bits per heavy atom. The summed E-state index contributed by atoms with van der Waals surface area (Å²) in [5, 5.41) is 47.0. The minimum Gasteiger partial charge on any atom is -0.444 e. The van der Waals surface area contributed by atoms with Crippen LogP contribution in [0.4, 0.5) is 27.5 Å². The van der Waals surface area contributed by atoms with Gasteiger partial charge in [-0.05, 0) is 56.9 Å². The third-order valence-corrected chi connectivity index (χ3v) is 12.2. The van der Waals surface area contributed by atoms with Crippen LogP contribution in [0.1, 0.15) is 31.9 Å². The van der Waals surface area contributed by atoms with E-state index in [1.165, 1.54) is 14.1 Å². The fourth-order valence-corrected chi connectivity index (χ4v) is 8.36. The first-order valence-corrected chi connectivity index (χ1v) is 20.8. The van der Waals surface area contributed by atoms with Crippen LogP contribution >= 0.6 is 12.4 Å². The third-order valence-electron chi connectivity index (χ3n) is 8.43. The first kappa shape index (κ1) is 52.0. The number of benzene rings is 4. The van der Waals surface area contributed by atoms with E-state index in [0.717, 1.165) is 44.0 Å². The van der Waals surface area contributed by atoms with Gasteiger partial charge in [-0.2, -0.15) is 8.61 Å². The van der Waals surface area contributed by atoms with E-state index in [1.54, 1.807) is 45.0 Å². The van der Waals surface area contributed by atoms with Crippen molar-refractivity contribution in [2.75, 3.05) is 27.2 Å². The van der Waals surface area contributed by atoms with Gasteiger partial charge in [-0.3, -0.25) is 40.5 Å². The molecule has 0 aromatic heterocycles. The van der Waals surface area contributed by atoms with E-state index in [4.69, 9.17) is 10.5 Å². The second kappa shape index (κ2) is 22.1. The van der Waals surface area contributed by atoms with Gasteiger partial charge >= 0.3 is 6.09 Å². The van der Waals surface area contributed by atoms with E-state index >= 15 is 0 Å². The number of nitrogens with two attached hydrogens (primary N) is 1. The van der Waals surface area contributed by atoms with Crippen molar-refractivity contribution in [3.63, 3.8) is 0 Å². The molecule has 2 atom stereocenters. The van der Waals surface area contributed by atoms with Crippen LogP contribution in [0.3, 0.4) is 0 Å². The third kappa shape index (κ3) is 14.8. The SMILES string of the molecule is CN(C[C@@H](N)Cc1ccccc1)S(=O)(=O)c1ccc([N+](=O)[O-])cc1[N+](=O)[O-].CN(C[C@H](Cc1ccccc1)NC(=O)OC(C)(C)C)S(=O)(=O)c1ccc([N+](=O)[O-])cc1[N+](=O)[O-].Cl. The van der Waals surface area contributed by atoms with E-state index in [9.17, 15) is 62.1 Å². The van der Waals surface area contributed by atoms with Gasteiger partial charge in [0.25, 0.3) is 22.7 Å². The van der Waals surface area contributed by atoms with Crippen molar-refractivity contribution in [3.8, 4) is 0 Å². The summed E-state index contributed by atoms with van der Waals surface area (Å²) in [6, 6.07) is 21.7. The van der Waals surface area contributed by atoms with Gasteiger partial charge in [0.1, 0.15) is 5.60 Å². The van der Waals surface area contributed by atoms with Crippen LogP contribution in [0.25, 0.3) is 0 Å². The summed E-state index contributed by atoms with van der Waals surface area (Å²) in [4.78, 5) is 51.8. The number of halogens is 1. The van der Waals surface area contributed by atoms with Gasteiger partial charge < -0.3 is 15.8 Å². The Balaban J connectivity index is 0.000000430. The number of nitro groups is 4. The van der Waals surface area contributed by atoms with E-state index in [1.807, 2.05) is 36.4 Å². The molecule has 62 heavy (non-hydrogen) atoms. The lowest BCUT2D eigenvalue weighted by molar-refractivity contribution is -0.396. The molecule has 0 unspecified atom stereocenters. The van der Waals surface area contributed by atoms with E-state index in [0.29, 0.717) is 18.6 Å². The number of non-ortho nitro benzene ring substituents is 2. The molecule has 0 saturated heterocycles. The number of carbonyl (C=O) groups excluding carboxylic acids is 1. The molecule has 25 heteroatoms. The summed E-state index contributed by atoms with van der Waals surface area (Å²) < 4.78 is 58.8. The fraction of sp³-hybridized carbons (Fsp3) is 0.324. The topological polar surface area (TPSA) is 312 Å². The van der Waals surface area contributed by atoms with E-state index < -0.39 is 96.1 Å². The summed E-state index contributed by atoms with van der Waals surface area (Å²) in [5.41, 5.74) is 4.03. The molecule has 0 aliphatic carbocycles. The quantitative estimate of drug-likeness (QED) is 0.0992. The monoisotopic (exact) mass is 924 g/mol. The lowest BCUT2D eigenvalue weighted by atomic mass is 10.1. The summed E-state index contributed by atoms with van der Waals surface area (Å²) in [5.74, 6) is 0. The standard InChI is InChI=1S/C21H26N4O8S.C16H18N4O6S.ClH/c1-21(2,3)33-20(26)22-16(12-15-8-6-5-7-9-15)14-23(4)34(31,32)19-11-10-17(24(27)28)13-18(19)25(29)30;1-18(11-13(17)9-12-5-3-2-4-6-12)27(25,26)16-8-7-14(19(21)22)10-15(16)20(23)24;/h5-11,13,16H,12,14H2,1-4H3,(H,22,26);2-8,10,13H,9,11,17H2,1H3;1H/t16-;13-;/m00./s1. The molecular weight excluding hydrogens is 880 g/mol. The van der Waals surface area contributed by atoms with Crippen molar-refractivity contribution in [1.82, 2.24) is 13.9 Å². The number of hydrogen-bond acceptors (Lipinski definition) is 15. The van der Waals surface area contributed by atoms with Crippen molar-refractivity contribution in [2.45, 2.75) is 61.1 Å². The van der Waals surface area contributed by atoms with Gasteiger partial charge in [0.2, 0.25) is 20.0 Å². The van der Waals surface area contributed by atoms with E-state index in [-0.39, 0.29) is 31.9 Å². The van der Waals surface area contributed by atoms with Gasteiger partial charge in [-0.1, -0.05) is 60.7 Å². The average Bonchev–Trinajstić information content (AvgIpc) is 3.17. The lowest BCUT2D eigenvalue weighted by Gasteiger charge is -2.27. The second-order valence-electron chi connectivity index (χ2n) is 14.4. The van der Waals surface area contributed by atoms with Crippen LogP contribution in [-0.2, 0) is 37.6 Å². The van der Waals surface area contributed by atoms with Gasteiger partial charge in [0.15, 0.2) is 9.79 Å². The molecule has 0 fully saturated rings. The zero-order chi connectivity index (χ0) is 45.9. The Bertz CT molecular complexity index is 2460. The van der Waals surface area contributed by atoms with Crippen molar-refractivity contribution in [3.05, 3.63) is 149 Å². The highest BCUT2D eigenvalue weighted by Gasteiger charge is 2.34. The first-order valence-electron chi connectivity index (χ1n) is 17.9. The lowest BCUT2D eigenvalue weighted by Crippen LogP contribution is -2.47. The Kier molecular flexibility index (Phi) is 18.5. The molecule has 0 aliphatic heterocycles. The number of nitrogens with zero attached hydrogens (tertiary/aromatic N) is 6. The predicted octanol–water partition coefficient (Wildman–Crippen LogP) is 5.37. The van der Waals surface area contributed by atoms with Crippen molar-refractivity contribution < 1.29 is 46.1 Å². The maximum atomic E-state index is 13.1.